The molecule has 1 heterocycles. The highest BCUT2D eigenvalue weighted by molar-refractivity contribution is 5.89. The van der Waals surface area contributed by atoms with Crippen molar-refractivity contribution in [1.82, 2.24) is 9.97 Å². The molecular weight excluding hydrogens is 308 g/mol. The van der Waals surface area contributed by atoms with Gasteiger partial charge in [-0.05, 0) is 36.6 Å². The third-order valence-electron chi connectivity index (χ3n) is 3.35. The summed E-state index contributed by atoms with van der Waals surface area (Å²) < 4.78 is 10.3. The first-order chi connectivity index (χ1) is 11.5. The Balaban J connectivity index is 2.08. The van der Waals surface area contributed by atoms with Crippen molar-refractivity contribution in [2.75, 3.05) is 24.7 Å². The van der Waals surface area contributed by atoms with Crippen molar-refractivity contribution in [3.63, 3.8) is 0 Å². The van der Waals surface area contributed by atoms with E-state index in [0.29, 0.717) is 28.7 Å². The van der Waals surface area contributed by atoms with E-state index in [2.05, 4.69) is 33.9 Å². The van der Waals surface area contributed by atoms with E-state index in [9.17, 15) is 4.79 Å². The van der Waals surface area contributed by atoms with Crippen molar-refractivity contribution >= 4 is 17.5 Å². The fourth-order valence-electron chi connectivity index (χ4n) is 1.97. The van der Waals surface area contributed by atoms with Gasteiger partial charge in [-0.2, -0.15) is 4.98 Å². The van der Waals surface area contributed by atoms with Crippen LogP contribution in [0.15, 0.2) is 30.6 Å². The molecule has 24 heavy (non-hydrogen) atoms. The van der Waals surface area contributed by atoms with Gasteiger partial charge in [-0.1, -0.05) is 13.8 Å². The van der Waals surface area contributed by atoms with Gasteiger partial charge in [0.15, 0.2) is 5.82 Å². The molecule has 0 spiro atoms. The Kier molecular flexibility index (Phi) is 5.95. The average molecular weight is 330 g/mol. The second-order valence-corrected chi connectivity index (χ2v) is 5.67. The highest BCUT2D eigenvalue weighted by atomic mass is 16.5. The Morgan fingerprint density at radius 3 is 2.58 bits per heavy atom. The van der Waals surface area contributed by atoms with Gasteiger partial charge >= 0.3 is 5.97 Å². The van der Waals surface area contributed by atoms with Crippen LogP contribution in [0.4, 0.5) is 11.5 Å². The van der Waals surface area contributed by atoms with E-state index >= 15 is 0 Å². The number of esters is 1. The summed E-state index contributed by atoms with van der Waals surface area (Å²) in [6, 6.07) is 6.53. The molecule has 7 nitrogen and oxygen atoms in total. The lowest BCUT2D eigenvalue weighted by molar-refractivity contribution is 0.0600. The van der Waals surface area contributed by atoms with Gasteiger partial charge in [0.25, 0.3) is 0 Å². The molecule has 2 aromatic rings. The first-order valence-corrected chi connectivity index (χ1v) is 7.71. The third-order valence-corrected chi connectivity index (χ3v) is 3.35. The minimum Gasteiger partial charge on any atom is -0.465 e. The normalized spacial score (nSPS) is 10.5. The predicted octanol–water partition coefficient (Wildman–Crippen LogP) is 3.10. The molecule has 0 saturated heterocycles. The molecule has 7 heteroatoms. The number of anilines is 2. The van der Waals surface area contributed by atoms with Crippen LogP contribution < -0.4 is 15.8 Å². The van der Waals surface area contributed by atoms with E-state index in [-0.39, 0.29) is 5.88 Å². The van der Waals surface area contributed by atoms with Crippen LogP contribution in [-0.2, 0) is 4.74 Å². The standard InChI is InChI=1S/C17H22N4O3/c1-11(2)8-9-19-15-14(18)16(21-10-20-15)24-13-6-4-12(5-7-13)17(22)23-3/h4-7,10-11H,8-9,18H2,1-3H3,(H,19,20,21). The molecule has 0 radical (unpaired) electrons. The SMILES string of the molecule is COC(=O)c1ccc(Oc2ncnc(NCCC(C)C)c2N)cc1. The number of rotatable bonds is 7. The maximum absolute atomic E-state index is 11.4. The molecule has 1 aromatic carbocycles. The quantitative estimate of drug-likeness (QED) is 0.752. The highest BCUT2D eigenvalue weighted by Gasteiger charge is 2.11. The first kappa shape index (κ1) is 17.5. The molecular formula is C17H22N4O3. The van der Waals surface area contributed by atoms with Crippen molar-refractivity contribution in [3.05, 3.63) is 36.2 Å². The topological polar surface area (TPSA) is 99.4 Å². The number of nitrogens with two attached hydrogens (primary N) is 1. The monoisotopic (exact) mass is 330 g/mol. The summed E-state index contributed by atoms with van der Waals surface area (Å²) in [5.74, 6) is 1.51. The summed E-state index contributed by atoms with van der Waals surface area (Å²) >= 11 is 0. The molecule has 2 rings (SSSR count). The summed E-state index contributed by atoms with van der Waals surface area (Å²) in [5.41, 5.74) is 6.85. The van der Waals surface area contributed by atoms with E-state index in [1.807, 2.05) is 0 Å². The Hall–Kier alpha value is -2.83. The zero-order valence-corrected chi connectivity index (χ0v) is 14.1. The molecule has 128 valence electrons. The van der Waals surface area contributed by atoms with Gasteiger partial charge in [0.05, 0.1) is 12.7 Å². The van der Waals surface area contributed by atoms with E-state index in [1.54, 1.807) is 24.3 Å². The summed E-state index contributed by atoms with van der Waals surface area (Å²) in [5, 5.41) is 3.18. The molecule has 0 aliphatic rings. The predicted molar refractivity (Wildman–Crippen MR) is 92.2 cm³/mol. The van der Waals surface area contributed by atoms with Crippen LogP contribution in [0.1, 0.15) is 30.6 Å². The molecule has 3 N–H and O–H groups in total. The third kappa shape index (κ3) is 4.58. The Morgan fingerprint density at radius 2 is 1.96 bits per heavy atom. The molecule has 0 aliphatic heterocycles. The lowest BCUT2D eigenvalue weighted by Gasteiger charge is -2.12. The smallest absolute Gasteiger partial charge is 0.337 e. The molecule has 0 atom stereocenters. The van der Waals surface area contributed by atoms with E-state index < -0.39 is 5.97 Å². The van der Waals surface area contributed by atoms with Gasteiger partial charge in [0, 0.05) is 6.54 Å². The van der Waals surface area contributed by atoms with Crippen LogP contribution in [-0.4, -0.2) is 29.6 Å². The van der Waals surface area contributed by atoms with Crippen molar-refractivity contribution in [1.29, 1.82) is 0 Å². The van der Waals surface area contributed by atoms with Gasteiger partial charge < -0.3 is 20.5 Å². The van der Waals surface area contributed by atoms with Gasteiger partial charge in [-0.25, -0.2) is 9.78 Å². The largest absolute Gasteiger partial charge is 0.465 e. The Labute approximate surface area is 141 Å². The molecule has 0 bridgehead atoms. The number of hydrogen-bond acceptors (Lipinski definition) is 7. The molecule has 0 saturated carbocycles. The van der Waals surface area contributed by atoms with Crippen molar-refractivity contribution in [3.8, 4) is 11.6 Å². The molecule has 0 aliphatic carbocycles. The number of carbonyl (C=O) groups excluding carboxylic acids is 1. The minimum atomic E-state index is -0.403. The van der Waals surface area contributed by atoms with Gasteiger partial charge in [-0.15, -0.1) is 0 Å². The maximum atomic E-state index is 11.4. The lowest BCUT2D eigenvalue weighted by atomic mass is 10.1. The zero-order chi connectivity index (χ0) is 17.5. The van der Waals surface area contributed by atoms with Crippen LogP contribution in [0.5, 0.6) is 11.6 Å². The summed E-state index contributed by atoms with van der Waals surface area (Å²) in [7, 11) is 1.34. The number of nitrogens with zero attached hydrogens (tertiary/aromatic N) is 2. The van der Waals surface area contributed by atoms with Crippen LogP contribution in [0.3, 0.4) is 0 Å². The molecule has 0 unspecified atom stereocenters. The minimum absolute atomic E-state index is 0.267. The van der Waals surface area contributed by atoms with Gasteiger partial charge in [0.2, 0.25) is 5.88 Å². The molecule has 1 aromatic heterocycles. The number of aromatic nitrogens is 2. The number of benzene rings is 1. The fraction of sp³-hybridized carbons (Fsp3) is 0.353. The number of methoxy groups -OCH3 is 1. The van der Waals surface area contributed by atoms with Crippen molar-refractivity contribution in [2.24, 2.45) is 5.92 Å². The van der Waals surface area contributed by atoms with E-state index in [1.165, 1.54) is 13.4 Å². The van der Waals surface area contributed by atoms with E-state index in [0.717, 1.165) is 13.0 Å². The number of carbonyl (C=O) groups is 1. The zero-order valence-electron chi connectivity index (χ0n) is 14.1. The average Bonchev–Trinajstić information content (AvgIpc) is 2.58. The molecule has 0 fully saturated rings. The van der Waals surface area contributed by atoms with Crippen LogP contribution in [0, 0.1) is 5.92 Å². The summed E-state index contributed by atoms with van der Waals surface area (Å²) in [4.78, 5) is 19.6. The van der Waals surface area contributed by atoms with Crippen molar-refractivity contribution < 1.29 is 14.3 Å². The molecule has 0 amide bonds. The fourth-order valence-corrected chi connectivity index (χ4v) is 1.97. The second kappa shape index (κ2) is 8.14. The maximum Gasteiger partial charge on any atom is 0.337 e. The highest BCUT2D eigenvalue weighted by Crippen LogP contribution is 2.29. The van der Waals surface area contributed by atoms with Crippen LogP contribution in [0.2, 0.25) is 0 Å². The lowest BCUT2D eigenvalue weighted by Crippen LogP contribution is -2.09. The van der Waals surface area contributed by atoms with Crippen LogP contribution >= 0.6 is 0 Å². The number of nitrogens with one attached hydrogen (secondary N) is 1. The van der Waals surface area contributed by atoms with E-state index in [4.69, 9.17) is 10.5 Å². The first-order valence-electron chi connectivity index (χ1n) is 7.71. The Morgan fingerprint density at radius 1 is 1.25 bits per heavy atom. The number of nitrogen functional groups attached to an aromatic ring is 1. The van der Waals surface area contributed by atoms with Gasteiger partial charge in [-0.3, -0.25) is 0 Å². The number of ether oxygens (including phenoxy) is 2. The Bertz CT molecular complexity index is 687. The van der Waals surface area contributed by atoms with Crippen molar-refractivity contribution in [2.45, 2.75) is 20.3 Å². The number of hydrogen-bond donors (Lipinski definition) is 2. The van der Waals surface area contributed by atoms with Gasteiger partial charge in [0.1, 0.15) is 17.8 Å². The van der Waals surface area contributed by atoms with Crippen LogP contribution in [0.25, 0.3) is 0 Å². The second-order valence-electron chi connectivity index (χ2n) is 5.67. The summed E-state index contributed by atoms with van der Waals surface area (Å²) in [6.45, 7) is 5.07. The summed E-state index contributed by atoms with van der Waals surface area (Å²) in [6.07, 6.45) is 2.40.